The lowest BCUT2D eigenvalue weighted by Crippen LogP contribution is -2.10. The molecule has 0 heterocycles. The highest BCUT2D eigenvalue weighted by atomic mass is 35.5. The Bertz CT molecular complexity index is 1010. The molecule has 0 saturated carbocycles. The molecule has 2 N–H and O–H groups in total. The molecular weight excluding hydrogens is 372 g/mol. The van der Waals surface area contributed by atoms with Crippen LogP contribution in [0.15, 0.2) is 84.9 Å². The van der Waals surface area contributed by atoms with E-state index in [1.54, 1.807) is 36.4 Å². The summed E-state index contributed by atoms with van der Waals surface area (Å²) < 4.78 is 0. The third-order valence-corrected chi connectivity index (χ3v) is 4.25. The Hall–Kier alpha value is -3.37. The lowest BCUT2D eigenvalue weighted by Gasteiger charge is -2.15. The number of benzene rings is 3. The van der Waals surface area contributed by atoms with Crippen LogP contribution < -0.4 is 10.6 Å². The van der Waals surface area contributed by atoms with E-state index in [4.69, 9.17) is 11.6 Å². The van der Waals surface area contributed by atoms with Gasteiger partial charge in [0.1, 0.15) is 0 Å². The second-order valence-electron chi connectivity index (χ2n) is 6.15. The fraction of sp³-hybridized carbons (Fsp3) is 0.0435. The van der Waals surface area contributed by atoms with E-state index in [9.17, 15) is 9.59 Å². The molecule has 0 saturated heterocycles. The minimum atomic E-state index is -0.170. The average Bonchev–Trinajstić information content (AvgIpc) is 2.69. The predicted octanol–water partition coefficient (Wildman–Crippen LogP) is 5.63. The van der Waals surface area contributed by atoms with Gasteiger partial charge < -0.3 is 10.6 Å². The van der Waals surface area contributed by atoms with Gasteiger partial charge in [-0.2, -0.15) is 0 Å². The second kappa shape index (κ2) is 9.02. The number of carbonyl (C=O) groups excluding carboxylic acids is 2. The number of hydrogen-bond donors (Lipinski definition) is 2. The molecule has 3 aromatic carbocycles. The number of anilines is 2. The topological polar surface area (TPSA) is 58.2 Å². The van der Waals surface area contributed by atoms with Gasteiger partial charge >= 0.3 is 0 Å². The number of hydrogen-bond acceptors (Lipinski definition) is 3. The molecule has 0 spiro atoms. The van der Waals surface area contributed by atoms with Crippen molar-refractivity contribution in [3.8, 4) is 0 Å². The van der Waals surface area contributed by atoms with Crippen molar-refractivity contribution in [3.63, 3.8) is 0 Å². The van der Waals surface area contributed by atoms with Gasteiger partial charge in [0, 0.05) is 29.3 Å². The Balaban J connectivity index is 1.98. The Morgan fingerprint density at radius 1 is 0.750 bits per heavy atom. The van der Waals surface area contributed by atoms with E-state index < -0.39 is 0 Å². The molecule has 0 radical (unpaired) electrons. The maximum atomic E-state index is 12.8. The molecule has 0 bridgehead atoms. The van der Waals surface area contributed by atoms with E-state index in [0.29, 0.717) is 27.7 Å². The van der Waals surface area contributed by atoms with Crippen LogP contribution in [0.5, 0.6) is 0 Å². The van der Waals surface area contributed by atoms with Gasteiger partial charge in [0.15, 0.2) is 5.78 Å². The zero-order chi connectivity index (χ0) is 19.9. The van der Waals surface area contributed by atoms with E-state index in [1.807, 2.05) is 48.5 Å². The SMILES string of the molecule is CC(=O)Nc1ccccc1N/C(=C\C(=O)c1ccc(Cl)cc1)c1ccccc1. The molecule has 1 amide bonds. The van der Waals surface area contributed by atoms with Crippen molar-refractivity contribution in [2.75, 3.05) is 10.6 Å². The van der Waals surface area contributed by atoms with Crippen molar-refractivity contribution in [2.45, 2.75) is 6.92 Å². The van der Waals surface area contributed by atoms with E-state index in [1.165, 1.54) is 6.92 Å². The molecule has 5 heteroatoms. The molecule has 0 fully saturated rings. The highest BCUT2D eigenvalue weighted by molar-refractivity contribution is 6.30. The Kier molecular flexibility index (Phi) is 6.25. The van der Waals surface area contributed by atoms with Crippen LogP contribution >= 0.6 is 11.6 Å². The fourth-order valence-electron chi connectivity index (χ4n) is 2.67. The third-order valence-electron chi connectivity index (χ3n) is 4.00. The van der Waals surface area contributed by atoms with Gasteiger partial charge in [-0.1, -0.05) is 54.1 Å². The van der Waals surface area contributed by atoms with Crippen LogP contribution in [0.1, 0.15) is 22.8 Å². The van der Waals surface area contributed by atoms with Gasteiger partial charge in [0.2, 0.25) is 5.91 Å². The maximum Gasteiger partial charge on any atom is 0.221 e. The first-order valence-electron chi connectivity index (χ1n) is 8.73. The summed E-state index contributed by atoms with van der Waals surface area (Å²) in [7, 11) is 0. The third kappa shape index (κ3) is 5.09. The van der Waals surface area contributed by atoms with Crippen molar-refractivity contribution < 1.29 is 9.59 Å². The van der Waals surface area contributed by atoms with E-state index in [-0.39, 0.29) is 11.7 Å². The van der Waals surface area contributed by atoms with Crippen LogP contribution in [0.25, 0.3) is 5.70 Å². The number of ketones is 1. The van der Waals surface area contributed by atoms with Gasteiger partial charge in [-0.25, -0.2) is 0 Å². The van der Waals surface area contributed by atoms with E-state index >= 15 is 0 Å². The van der Waals surface area contributed by atoms with Gasteiger partial charge in [-0.05, 0) is 42.0 Å². The molecule has 0 unspecified atom stereocenters. The van der Waals surface area contributed by atoms with Crippen LogP contribution in [0.4, 0.5) is 11.4 Å². The van der Waals surface area contributed by atoms with Gasteiger partial charge in [-0.3, -0.25) is 9.59 Å². The molecule has 3 rings (SSSR count). The number of para-hydroxylation sites is 2. The second-order valence-corrected chi connectivity index (χ2v) is 6.58. The summed E-state index contributed by atoms with van der Waals surface area (Å²) in [5.74, 6) is -0.322. The lowest BCUT2D eigenvalue weighted by atomic mass is 10.1. The van der Waals surface area contributed by atoms with Crippen molar-refractivity contribution in [2.24, 2.45) is 0 Å². The van der Waals surface area contributed by atoms with Crippen LogP contribution in [-0.2, 0) is 4.79 Å². The molecule has 0 atom stereocenters. The minimum absolute atomic E-state index is 0.153. The normalized spacial score (nSPS) is 11.0. The summed E-state index contributed by atoms with van der Waals surface area (Å²) in [5.41, 5.74) is 3.34. The standard InChI is InChI=1S/C23H19ClN2O2/c1-16(27)25-20-9-5-6-10-21(20)26-22(17-7-3-2-4-8-17)15-23(28)18-11-13-19(24)14-12-18/h2-15,26H,1H3,(H,25,27)/b22-15-. The summed E-state index contributed by atoms with van der Waals surface area (Å²) in [6, 6.07) is 23.6. The molecule has 0 aliphatic rings. The van der Waals surface area contributed by atoms with Gasteiger partial charge in [-0.15, -0.1) is 0 Å². The zero-order valence-corrected chi connectivity index (χ0v) is 16.0. The van der Waals surface area contributed by atoms with Crippen LogP contribution in [0, 0.1) is 0 Å². The molecule has 3 aromatic rings. The Labute approximate surface area is 168 Å². The first kappa shape index (κ1) is 19.4. The highest BCUT2D eigenvalue weighted by Gasteiger charge is 2.10. The highest BCUT2D eigenvalue weighted by Crippen LogP contribution is 2.26. The number of halogens is 1. The van der Waals surface area contributed by atoms with Gasteiger partial charge in [0.25, 0.3) is 0 Å². The van der Waals surface area contributed by atoms with Crippen LogP contribution in [0.2, 0.25) is 5.02 Å². The minimum Gasteiger partial charge on any atom is -0.353 e. The van der Waals surface area contributed by atoms with E-state index in [2.05, 4.69) is 10.6 Å². The average molecular weight is 391 g/mol. The number of amides is 1. The summed E-state index contributed by atoms with van der Waals surface area (Å²) in [6.07, 6.45) is 1.54. The lowest BCUT2D eigenvalue weighted by molar-refractivity contribution is -0.114. The first-order chi connectivity index (χ1) is 13.5. The summed E-state index contributed by atoms with van der Waals surface area (Å²) >= 11 is 5.91. The van der Waals surface area contributed by atoms with E-state index in [0.717, 1.165) is 5.56 Å². The maximum absolute atomic E-state index is 12.8. The van der Waals surface area contributed by atoms with Crippen LogP contribution in [0.3, 0.4) is 0 Å². The molecule has 4 nitrogen and oxygen atoms in total. The number of allylic oxidation sites excluding steroid dienone is 1. The largest absolute Gasteiger partial charge is 0.353 e. The fourth-order valence-corrected chi connectivity index (χ4v) is 2.80. The van der Waals surface area contributed by atoms with Crippen LogP contribution in [-0.4, -0.2) is 11.7 Å². The van der Waals surface area contributed by atoms with Crippen molar-refractivity contribution >= 4 is 40.4 Å². The Morgan fingerprint density at radius 2 is 1.32 bits per heavy atom. The van der Waals surface area contributed by atoms with Gasteiger partial charge in [0.05, 0.1) is 11.4 Å². The number of nitrogens with one attached hydrogen (secondary N) is 2. The molecule has 0 aromatic heterocycles. The molecular formula is C23H19ClN2O2. The van der Waals surface area contributed by atoms with Crippen molar-refractivity contribution in [3.05, 3.63) is 101 Å². The summed E-state index contributed by atoms with van der Waals surface area (Å²) in [5, 5.41) is 6.65. The molecule has 140 valence electrons. The number of carbonyl (C=O) groups is 2. The first-order valence-corrected chi connectivity index (χ1v) is 9.11. The van der Waals surface area contributed by atoms with Crippen molar-refractivity contribution in [1.29, 1.82) is 0 Å². The zero-order valence-electron chi connectivity index (χ0n) is 15.3. The predicted molar refractivity (Wildman–Crippen MR) is 115 cm³/mol. The Morgan fingerprint density at radius 3 is 1.93 bits per heavy atom. The molecule has 0 aliphatic carbocycles. The molecule has 28 heavy (non-hydrogen) atoms. The monoisotopic (exact) mass is 390 g/mol. The number of rotatable bonds is 6. The summed E-state index contributed by atoms with van der Waals surface area (Å²) in [6.45, 7) is 1.45. The van der Waals surface area contributed by atoms with Crippen molar-refractivity contribution in [1.82, 2.24) is 0 Å². The quantitative estimate of drug-likeness (QED) is 0.423. The summed E-state index contributed by atoms with van der Waals surface area (Å²) in [4.78, 5) is 24.3. The molecule has 0 aliphatic heterocycles. The smallest absolute Gasteiger partial charge is 0.221 e.